The van der Waals surface area contributed by atoms with Crippen LogP contribution < -0.4 is 5.32 Å². The van der Waals surface area contributed by atoms with Gasteiger partial charge in [0.1, 0.15) is 0 Å². The molecule has 0 saturated heterocycles. The van der Waals surface area contributed by atoms with Crippen LogP contribution in [0, 0.1) is 0 Å². The average Bonchev–Trinajstić information content (AvgIpc) is 2.59. The lowest BCUT2D eigenvalue weighted by Gasteiger charge is -2.13. The number of nitrogens with one attached hydrogen (secondary N) is 1. The minimum atomic E-state index is 0.554. The Morgan fingerprint density at radius 2 is 1.55 bits per heavy atom. The Hall–Kier alpha value is -2.12. The van der Waals surface area contributed by atoms with E-state index >= 15 is 0 Å². The maximum absolute atomic E-state index is 3.58. The summed E-state index contributed by atoms with van der Waals surface area (Å²) < 4.78 is 0. The molecule has 0 bridgehead atoms. The fourth-order valence-electron chi connectivity index (χ4n) is 2.85. The Balaban J connectivity index is 1.50. The van der Waals surface area contributed by atoms with E-state index in [1.54, 1.807) is 0 Å². The minimum Gasteiger partial charge on any atom is -0.316 e. The largest absolute Gasteiger partial charge is 0.316 e. The molecule has 112 valence electrons. The van der Waals surface area contributed by atoms with Crippen LogP contribution in [0.5, 0.6) is 0 Å². The SMILES string of the molecule is CC(CNCCc1ccc2ccccc2c1)c1ccccc1. The number of fused-ring (bicyclic) bond motifs is 1. The van der Waals surface area contributed by atoms with Crippen LogP contribution in [0.4, 0.5) is 0 Å². The summed E-state index contributed by atoms with van der Waals surface area (Å²) in [6, 6.07) is 26.0. The summed E-state index contributed by atoms with van der Waals surface area (Å²) in [7, 11) is 0. The molecule has 0 radical (unpaired) electrons. The quantitative estimate of drug-likeness (QED) is 0.644. The maximum Gasteiger partial charge on any atom is 0.00176 e. The van der Waals surface area contributed by atoms with Gasteiger partial charge in [0.2, 0.25) is 0 Å². The number of hydrogen-bond acceptors (Lipinski definition) is 1. The molecule has 1 heteroatoms. The lowest BCUT2D eigenvalue weighted by molar-refractivity contribution is 0.615. The van der Waals surface area contributed by atoms with Crippen molar-refractivity contribution in [3.8, 4) is 0 Å². The van der Waals surface area contributed by atoms with Crippen LogP contribution in [-0.4, -0.2) is 13.1 Å². The highest BCUT2D eigenvalue weighted by molar-refractivity contribution is 5.82. The lowest BCUT2D eigenvalue weighted by atomic mass is 10.0. The van der Waals surface area contributed by atoms with Gasteiger partial charge in [-0.15, -0.1) is 0 Å². The van der Waals surface area contributed by atoms with Gasteiger partial charge in [-0.1, -0.05) is 79.7 Å². The van der Waals surface area contributed by atoms with Gasteiger partial charge in [-0.3, -0.25) is 0 Å². The molecule has 3 aromatic carbocycles. The van der Waals surface area contributed by atoms with E-state index in [4.69, 9.17) is 0 Å². The zero-order valence-electron chi connectivity index (χ0n) is 13.1. The van der Waals surface area contributed by atoms with E-state index in [9.17, 15) is 0 Å². The molecule has 1 atom stereocenters. The van der Waals surface area contributed by atoms with Crippen molar-refractivity contribution in [1.82, 2.24) is 5.32 Å². The molecule has 3 rings (SSSR count). The van der Waals surface area contributed by atoms with E-state index in [1.165, 1.54) is 21.9 Å². The zero-order chi connectivity index (χ0) is 15.2. The molecule has 0 fully saturated rings. The Morgan fingerprint density at radius 1 is 0.818 bits per heavy atom. The van der Waals surface area contributed by atoms with E-state index in [2.05, 4.69) is 85.0 Å². The summed E-state index contributed by atoms with van der Waals surface area (Å²) in [5.74, 6) is 0.554. The lowest BCUT2D eigenvalue weighted by Crippen LogP contribution is -2.22. The van der Waals surface area contributed by atoms with Crippen molar-refractivity contribution in [1.29, 1.82) is 0 Å². The van der Waals surface area contributed by atoms with E-state index in [0.717, 1.165) is 19.5 Å². The second-order valence-electron chi connectivity index (χ2n) is 5.95. The van der Waals surface area contributed by atoms with Crippen LogP contribution >= 0.6 is 0 Å². The highest BCUT2D eigenvalue weighted by Crippen LogP contribution is 2.16. The molecule has 0 aliphatic rings. The first-order valence-corrected chi connectivity index (χ1v) is 8.06. The molecule has 0 saturated carbocycles. The van der Waals surface area contributed by atoms with Gasteiger partial charge >= 0.3 is 0 Å². The van der Waals surface area contributed by atoms with Gasteiger partial charge in [0.05, 0.1) is 0 Å². The molecule has 22 heavy (non-hydrogen) atoms. The molecule has 1 unspecified atom stereocenters. The van der Waals surface area contributed by atoms with E-state index in [0.29, 0.717) is 5.92 Å². The molecule has 1 N–H and O–H groups in total. The Morgan fingerprint density at radius 3 is 2.36 bits per heavy atom. The van der Waals surface area contributed by atoms with Crippen LogP contribution in [0.25, 0.3) is 10.8 Å². The second-order valence-corrected chi connectivity index (χ2v) is 5.95. The number of hydrogen-bond donors (Lipinski definition) is 1. The number of rotatable bonds is 6. The monoisotopic (exact) mass is 289 g/mol. The summed E-state index contributed by atoms with van der Waals surface area (Å²) in [4.78, 5) is 0. The van der Waals surface area contributed by atoms with Gasteiger partial charge < -0.3 is 5.32 Å². The van der Waals surface area contributed by atoms with Gasteiger partial charge in [0.15, 0.2) is 0 Å². The first-order valence-electron chi connectivity index (χ1n) is 8.06. The highest BCUT2D eigenvalue weighted by atomic mass is 14.8. The highest BCUT2D eigenvalue weighted by Gasteiger charge is 2.04. The molecule has 0 aliphatic carbocycles. The summed E-state index contributed by atoms with van der Waals surface area (Å²) in [5, 5.41) is 6.23. The minimum absolute atomic E-state index is 0.554. The normalized spacial score (nSPS) is 12.4. The summed E-state index contributed by atoms with van der Waals surface area (Å²) in [5.41, 5.74) is 2.80. The Kier molecular flexibility index (Phi) is 4.87. The average molecular weight is 289 g/mol. The van der Waals surface area contributed by atoms with E-state index < -0.39 is 0 Å². The van der Waals surface area contributed by atoms with Crippen molar-refractivity contribution in [2.24, 2.45) is 0 Å². The smallest absolute Gasteiger partial charge is 0.00176 e. The summed E-state index contributed by atoms with van der Waals surface area (Å²) >= 11 is 0. The molecule has 3 aromatic rings. The van der Waals surface area contributed by atoms with Crippen LogP contribution in [0.1, 0.15) is 24.0 Å². The van der Waals surface area contributed by atoms with Crippen molar-refractivity contribution in [2.45, 2.75) is 19.3 Å². The fraction of sp³-hybridized carbons (Fsp3) is 0.238. The van der Waals surface area contributed by atoms with Crippen molar-refractivity contribution in [3.05, 3.63) is 83.9 Å². The number of benzene rings is 3. The topological polar surface area (TPSA) is 12.0 Å². The Bertz CT molecular complexity index is 718. The zero-order valence-corrected chi connectivity index (χ0v) is 13.1. The maximum atomic E-state index is 3.58. The van der Waals surface area contributed by atoms with Gasteiger partial charge in [-0.05, 0) is 40.8 Å². The van der Waals surface area contributed by atoms with Crippen molar-refractivity contribution < 1.29 is 0 Å². The van der Waals surface area contributed by atoms with Gasteiger partial charge in [0.25, 0.3) is 0 Å². The van der Waals surface area contributed by atoms with Gasteiger partial charge in [-0.2, -0.15) is 0 Å². The predicted molar refractivity (Wildman–Crippen MR) is 95.4 cm³/mol. The molecular formula is C21H23N. The van der Waals surface area contributed by atoms with E-state index in [1.807, 2.05) is 0 Å². The van der Waals surface area contributed by atoms with Gasteiger partial charge in [0, 0.05) is 6.54 Å². The first-order chi connectivity index (χ1) is 10.8. The van der Waals surface area contributed by atoms with E-state index in [-0.39, 0.29) is 0 Å². The summed E-state index contributed by atoms with van der Waals surface area (Å²) in [6.45, 7) is 4.32. The third-order valence-corrected chi connectivity index (χ3v) is 4.22. The third kappa shape index (κ3) is 3.75. The molecule has 0 aliphatic heterocycles. The molecule has 0 amide bonds. The summed E-state index contributed by atoms with van der Waals surface area (Å²) in [6.07, 6.45) is 1.08. The molecular weight excluding hydrogens is 266 g/mol. The third-order valence-electron chi connectivity index (χ3n) is 4.22. The van der Waals surface area contributed by atoms with Crippen molar-refractivity contribution in [2.75, 3.05) is 13.1 Å². The molecule has 0 aromatic heterocycles. The van der Waals surface area contributed by atoms with Crippen molar-refractivity contribution in [3.63, 3.8) is 0 Å². The van der Waals surface area contributed by atoms with Crippen LogP contribution in [-0.2, 0) is 6.42 Å². The van der Waals surface area contributed by atoms with Gasteiger partial charge in [-0.25, -0.2) is 0 Å². The standard InChI is InChI=1S/C21H23N/c1-17(19-7-3-2-4-8-19)16-22-14-13-18-11-12-20-9-5-6-10-21(20)15-18/h2-12,15,17,22H,13-14,16H2,1H3. The molecule has 1 nitrogen and oxygen atoms in total. The second kappa shape index (κ2) is 7.24. The van der Waals surface area contributed by atoms with Crippen LogP contribution in [0.3, 0.4) is 0 Å². The first kappa shape index (κ1) is 14.8. The Labute approximate surface area is 133 Å². The molecule has 0 spiro atoms. The van der Waals surface area contributed by atoms with Crippen LogP contribution in [0.15, 0.2) is 72.8 Å². The predicted octanol–water partition coefficient (Wildman–Crippen LogP) is 4.78. The van der Waals surface area contributed by atoms with Crippen LogP contribution in [0.2, 0.25) is 0 Å². The molecule has 0 heterocycles. The van der Waals surface area contributed by atoms with Crippen molar-refractivity contribution >= 4 is 10.8 Å². The fourth-order valence-corrected chi connectivity index (χ4v) is 2.85.